The monoisotopic (exact) mass is 369 g/mol. The van der Waals surface area contributed by atoms with Crippen molar-refractivity contribution < 1.29 is 13.2 Å². The van der Waals surface area contributed by atoms with Crippen molar-refractivity contribution in [2.45, 2.75) is 24.3 Å². The van der Waals surface area contributed by atoms with Crippen molar-refractivity contribution in [3.05, 3.63) is 29.3 Å². The summed E-state index contributed by atoms with van der Waals surface area (Å²) in [6, 6.07) is 6.12. The lowest BCUT2D eigenvalue weighted by Gasteiger charge is -2.11. The number of benzene rings is 1. The number of halogens is 2. The molecule has 0 saturated heterocycles. The minimum absolute atomic E-state index is 0. The molecule has 9 heteroatoms. The SMILES string of the molecule is CNC(C)CNC(=O)CCNS(=O)(=O)c1cccc(Cl)c1.Cl. The summed E-state index contributed by atoms with van der Waals surface area (Å²) >= 11 is 5.76. The second kappa shape index (κ2) is 10.0. The fraction of sp³-hybridized carbons (Fsp3) is 0.462. The molecule has 1 amide bonds. The summed E-state index contributed by atoms with van der Waals surface area (Å²) in [4.78, 5) is 11.6. The fourth-order valence-corrected chi connectivity index (χ4v) is 2.81. The number of rotatable bonds is 8. The van der Waals surface area contributed by atoms with E-state index in [9.17, 15) is 13.2 Å². The molecule has 1 atom stereocenters. The summed E-state index contributed by atoms with van der Waals surface area (Å²) in [5, 5.41) is 6.04. The number of sulfonamides is 1. The second-order valence-electron chi connectivity index (χ2n) is 4.60. The normalized spacial score (nSPS) is 12.3. The third-order valence-corrected chi connectivity index (χ3v) is 4.54. The molecule has 0 saturated carbocycles. The molecular formula is C13H21Cl2N3O3S. The van der Waals surface area contributed by atoms with E-state index in [1.807, 2.05) is 6.92 Å². The van der Waals surface area contributed by atoms with Gasteiger partial charge >= 0.3 is 0 Å². The van der Waals surface area contributed by atoms with Crippen LogP contribution in [0.15, 0.2) is 29.2 Å². The van der Waals surface area contributed by atoms with Crippen LogP contribution in [0.4, 0.5) is 0 Å². The molecule has 3 N–H and O–H groups in total. The molecule has 1 aromatic carbocycles. The third-order valence-electron chi connectivity index (χ3n) is 2.85. The van der Waals surface area contributed by atoms with E-state index in [1.165, 1.54) is 12.1 Å². The summed E-state index contributed by atoms with van der Waals surface area (Å²) in [5.41, 5.74) is 0. The van der Waals surface area contributed by atoms with Crippen molar-refractivity contribution in [2.75, 3.05) is 20.1 Å². The average Bonchev–Trinajstić information content (AvgIpc) is 2.44. The molecule has 0 spiro atoms. The number of amides is 1. The minimum Gasteiger partial charge on any atom is -0.355 e. The summed E-state index contributed by atoms with van der Waals surface area (Å²) in [5.74, 6) is -0.203. The number of hydrogen-bond donors (Lipinski definition) is 3. The molecular weight excluding hydrogens is 349 g/mol. The lowest BCUT2D eigenvalue weighted by Crippen LogP contribution is -2.38. The van der Waals surface area contributed by atoms with E-state index in [1.54, 1.807) is 19.2 Å². The molecule has 0 aliphatic carbocycles. The molecule has 0 bridgehead atoms. The van der Waals surface area contributed by atoms with E-state index in [0.717, 1.165) is 0 Å². The number of nitrogens with one attached hydrogen (secondary N) is 3. The van der Waals surface area contributed by atoms with Crippen molar-refractivity contribution in [2.24, 2.45) is 0 Å². The Morgan fingerprint density at radius 2 is 2.05 bits per heavy atom. The molecule has 0 heterocycles. The molecule has 126 valence electrons. The van der Waals surface area contributed by atoms with Gasteiger partial charge in [-0.1, -0.05) is 17.7 Å². The topological polar surface area (TPSA) is 87.3 Å². The maximum absolute atomic E-state index is 12.0. The number of carbonyl (C=O) groups excluding carboxylic acids is 1. The maximum Gasteiger partial charge on any atom is 0.240 e. The number of hydrogen-bond acceptors (Lipinski definition) is 4. The minimum atomic E-state index is -3.64. The van der Waals surface area contributed by atoms with Gasteiger partial charge in [0.2, 0.25) is 15.9 Å². The van der Waals surface area contributed by atoms with Gasteiger partial charge in [-0.2, -0.15) is 0 Å². The Hall–Kier alpha value is -0.860. The van der Waals surface area contributed by atoms with Crippen LogP contribution in [0.2, 0.25) is 5.02 Å². The van der Waals surface area contributed by atoms with Gasteiger partial charge in [-0.05, 0) is 32.2 Å². The maximum atomic E-state index is 12.0. The first-order chi connectivity index (χ1) is 9.85. The Labute approximate surface area is 142 Å². The van der Waals surface area contributed by atoms with E-state index in [-0.39, 0.29) is 42.2 Å². The largest absolute Gasteiger partial charge is 0.355 e. The summed E-state index contributed by atoms with van der Waals surface area (Å²) in [6.45, 7) is 2.47. The zero-order valence-corrected chi connectivity index (χ0v) is 14.8. The number of carbonyl (C=O) groups is 1. The van der Waals surface area contributed by atoms with Gasteiger partial charge in [0, 0.05) is 30.6 Å². The summed E-state index contributed by atoms with van der Waals surface area (Å²) < 4.78 is 26.3. The smallest absolute Gasteiger partial charge is 0.240 e. The Bertz CT molecular complexity index is 582. The van der Waals surface area contributed by atoms with Crippen LogP contribution in [-0.2, 0) is 14.8 Å². The lowest BCUT2D eigenvalue weighted by atomic mass is 10.3. The second-order valence-corrected chi connectivity index (χ2v) is 6.80. The van der Waals surface area contributed by atoms with Crippen LogP contribution in [0.1, 0.15) is 13.3 Å². The molecule has 6 nitrogen and oxygen atoms in total. The van der Waals surface area contributed by atoms with E-state index >= 15 is 0 Å². The first kappa shape index (κ1) is 21.1. The molecule has 0 fully saturated rings. The Morgan fingerprint density at radius 3 is 2.64 bits per heavy atom. The highest BCUT2D eigenvalue weighted by Gasteiger charge is 2.14. The molecule has 0 radical (unpaired) electrons. The summed E-state index contributed by atoms with van der Waals surface area (Å²) in [6.07, 6.45) is 0.0796. The van der Waals surface area contributed by atoms with Gasteiger partial charge in [0.1, 0.15) is 0 Å². The van der Waals surface area contributed by atoms with Crippen LogP contribution < -0.4 is 15.4 Å². The van der Waals surface area contributed by atoms with Gasteiger partial charge in [0.25, 0.3) is 0 Å². The molecule has 0 aromatic heterocycles. The first-order valence-corrected chi connectivity index (χ1v) is 8.40. The van der Waals surface area contributed by atoms with Crippen molar-refractivity contribution in [1.82, 2.24) is 15.4 Å². The van der Waals surface area contributed by atoms with Crippen molar-refractivity contribution in [3.8, 4) is 0 Å². The van der Waals surface area contributed by atoms with E-state index < -0.39 is 10.0 Å². The highest BCUT2D eigenvalue weighted by atomic mass is 35.5. The average molecular weight is 370 g/mol. The Balaban J connectivity index is 0.00000441. The molecule has 0 aliphatic rings. The van der Waals surface area contributed by atoms with Crippen LogP contribution in [0, 0.1) is 0 Å². The van der Waals surface area contributed by atoms with E-state index in [4.69, 9.17) is 11.6 Å². The predicted octanol–water partition coefficient (Wildman–Crippen LogP) is 1.15. The Kier molecular flexibility index (Phi) is 9.63. The van der Waals surface area contributed by atoms with Gasteiger partial charge in [-0.15, -0.1) is 12.4 Å². The Morgan fingerprint density at radius 1 is 1.36 bits per heavy atom. The van der Waals surface area contributed by atoms with Crippen molar-refractivity contribution >= 4 is 39.9 Å². The van der Waals surface area contributed by atoms with Crippen LogP contribution in [-0.4, -0.2) is 40.5 Å². The van der Waals surface area contributed by atoms with Gasteiger partial charge < -0.3 is 10.6 Å². The quantitative estimate of drug-likeness (QED) is 0.641. The van der Waals surface area contributed by atoms with Crippen molar-refractivity contribution in [1.29, 1.82) is 0 Å². The highest BCUT2D eigenvalue weighted by Crippen LogP contribution is 2.14. The van der Waals surface area contributed by atoms with E-state index in [0.29, 0.717) is 11.6 Å². The zero-order chi connectivity index (χ0) is 15.9. The first-order valence-electron chi connectivity index (χ1n) is 6.54. The molecule has 22 heavy (non-hydrogen) atoms. The standard InChI is InChI=1S/C13H20ClN3O3S.ClH/c1-10(15-2)9-16-13(18)6-7-17-21(19,20)12-5-3-4-11(14)8-12;/h3-5,8,10,15,17H,6-7,9H2,1-2H3,(H,16,18);1H. The molecule has 1 aromatic rings. The van der Waals surface area contributed by atoms with Gasteiger partial charge in [-0.25, -0.2) is 13.1 Å². The fourth-order valence-electron chi connectivity index (χ4n) is 1.47. The molecule has 1 rings (SSSR count). The molecule has 0 aliphatic heterocycles. The zero-order valence-electron chi connectivity index (χ0n) is 12.4. The van der Waals surface area contributed by atoms with Crippen LogP contribution in [0.3, 0.4) is 0 Å². The van der Waals surface area contributed by atoms with Crippen LogP contribution in [0.25, 0.3) is 0 Å². The van der Waals surface area contributed by atoms with Gasteiger partial charge in [0.15, 0.2) is 0 Å². The van der Waals surface area contributed by atoms with E-state index in [2.05, 4.69) is 15.4 Å². The molecule has 1 unspecified atom stereocenters. The predicted molar refractivity (Wildman–Crippen MR) is 90.0 cm³/mol. The highest BCUT2D eigenvalue weighted by molar-refractivity contribution is 7.89. The van der Waals surface area contributed by atoms with Crippen molar-refractivity contribution in [3.63, 3.8) is 0 Å². The summed E-state index contributed by atoms with van der Waals surface area (Å²) in [7, 11) is -1.84. The van der Waals surface area contributed by atoms with Gasteiger partial charge in [-0.3, -0.25) is 4.79 Å². The van der Waals surface area contributed by atoms with Crippen LogP contribution >= 0.6 is 24.0 Å². The number of likely N-dealkylation sites (N-methyl/N-ethyl adjacent to an activating group) is 1. The van der Waals surface area contributed by atoms with Gasteiger partial charge in [0.05, 0.1) is 4.90 Å². The lowest BCUT2D eigenvalue weighted by molar-refractivity contribution is -0.121. The third kappa shape index (κ3) is 7.42. The van der Waals surface area contributed by atoms with Crippen LogP contribution in [0.5, 0.6) is 0 Å².